The van der Waals surface area contributed by atoms with Crippen LogP contribution in [0.2, 0.25) is 0 Å². The molecule has 0 aromatic rings. The molecule has 5 nitrogen and oxygen atoms in total. The van der Waals surface area contributed by atoms with Crippen LogP contribution in [0.5, 0.6) is 0 Å². The zero-order valence-corrected chi connectivity index (χ0v) is 26.2. The highest BCUT2D eigenvalue weighted by Gasteiger charge is 2.16. The van der Waals surface area contributed by atoms with Crippen LogP contribution in [0.1, 0.15) is 187 Å². The highest BCUT2D eigenvalue weighted by atomic mass is 16.6. The number of carbonyl (C=O) groups is 2. The van der Waals surface area contributed by atoms with Gasteiger partial charge >= 0.3 is 11.9 Å². The summed E-state index contributed by atoms with van der Waals surface area (Å²) in [5, 5.41) is 9.49. The van der Waals surface area contributed by atoms with Gasteiger partial charge in [0.05, 0.1) is 6.61 Å². The predicted octanol–water partition coefficient (Wildman–Crippen LogP) is 10.0. The van der Waals surface area contributed by atoms with Gasteiger partial charge in [0.2, 0.25) is 0 Å². The smallest absolute Gasteiger partial charge is 0.306 e. The fourth-order valence-electron chi connectivity index (χ4n) is 5.02. The molecule has 0 aliphatic carbocycles. The summed E-state index contributed by atoms with van der Waals surface area (Å²) in [6.07, 6.45) is 31.5. The van der Waals surface area contributed by atoms with E-state index in [0.29, 0.717) is 12.8 Å². The molecule has 0 rings (SSSR count). The van der Waals surface area contributed by atoms with E-state index in [4.69, 9.17) is 9.47 Å². The number of hydrogen-bond donors (Lipinski definition) is 1. The van der Waals surface area contributed by atoms with Gasteiger partial charge in [-0.3, -0.25) is 9.59 Å². The molecule has 0 radical (unpaired) electrons. The summed E-state index contributed by atoms with van der Waals surface area (Å²) in [6.45, 7) is 4.13. The molecular formula is C34H66O5. The number of carbonyl (C=O) groups excluding carboxylic acids is 2. The van der Waals surface area contributed by atoms with Gasteiger partial charge in [-0.25, -0.2) is 0 Å². The summed E-state index contributed by atoms with van der Waals surface area (Å²) in [5.74, 6) is -0.582. The maximum absolute atomic E-state index is 12.1. The summed E-state index contributed by atoms with van der Waals surface area (Å²) < 4.78 is 10.5. The van der Waals surface area contributed by atoms with Crippen molar-refractivity contribution in [3.05, 3.63) is 0 Å². The van der Waals surface area contributed by atoms with Crippen molar-refractivity contribution in [2.75, 3.05) is 13.2 Å². The fraction of sp³-hybridized carbons (Fsp3) is 0.941. The standard InChI is InChI=1S/C34H66O5/c1-3-5-7-9-11-13-15-16-17-19-20-22-24-26-28-33(36)38-31-32(30-35)39-34(37)29-27-25-23-21-18-14-12-10-8-6-4-2/h32,35H,3-31H2,1-2H3/t32-/m0/s1. The second kappa shape index (κ2) is 31.4. The van der Waals surface area contributed by atoms with Crippen LogP contribution in [-0.4, -0.2) is 36.4 Å². The average molecular weight is 555 g/mol. The zero-order chi connectivity index (χ0) is 28.7. The van der Waals surface area contributed by atoms with Gasteiger partial charge in [0, 0.05) is 12.8 Å². The summed E-state index contributed by atoms with van der Waals surface area (Å²) in [6, 6.07) is 0. The molecule has 0 aromatic carbocycles. The van der Waals surface area contributed by atoms with E-state index >= 15 is 0 Å². The first-order chi connectivity index (χ1) is 19.1. The molecule has 1 N–H and O–H groups in total. The lowest BCUT2D eigenvalue weighted by atomic mass is 10.0. The quantitative estimate of drug-likeness (QED) is 0.0681. The average Bonchev–Trinajstić information content (AvgIpc) is 2.94. The highest BCUT2D eigenvalue weighted by Crippen LogP contribution is 2.14. The van der Waals surface area contributed by atoms with Crippen LogP contribution in [0.15, 0.2) is 0 Å². The molecule has 232 valence electrons. The largest absolute Gasteiger partial charge is 0.462 e. The van der Waals surface area contributed by atoms with Crippen molar-refractivity contribution in [1.82, 2.24) is 0 Å². The van der Waals surface area contributed by atoms with Crippen LogP contribution in [0.4, 0.5) is 0 Å². The van der Waals surface area contributed by atoms with Crippen LogP contribution in [0.25, 0.3) is 0 Å². The normalized spacial score (nSPS) is 12.0. The summed E-state index contributed by atoms with van der Waals surface area (Å²) in [7, 11) is 0. The van der Waals surface area contributed by atoms with Crippen molar-refractivity contribution in [1.29, 1.82) is 0 Å². The Balaban J connectivity index is 3.53. The van der Waals surface area contributed by atoms with Crippen molar-refractivity contribution in [3.63, 3.8) is 0 Å². The lowest BCUT2D eigenvalue weighted by molar-refractivity contribution is -0.161. The Kier molecular flexibility index (Phi) is 30.5. The molecule has 0 unspecified atom stereocenters. The number of hydrogen-bond acceptors (Lipinski definition) is 5. The topological polar surface area (TPSA) is 72.8 Å². The van der Waals surface area contributed by atoms with Crippen molar-refractivity contribution in [3.8, 4) is 0 Å². The van der Waals surface area contributed by atoms with Crippen LogP contribution in [0.3, 0.4) is 0 Å². The fourth-order valence-corrected chi connectivity index (χ4v) is 5.02. The van der Waals surface area contributed by atoms with E-state index in [1.807, 2.05) is 0 Å². The molecule has 0 fully saturated rings. The molecule has 1 atom stereocenters. The maximum atomic E-state index is 12.1. The summed E-state index contributed by atoms with van der Waals surface area (Å²) in [5.41, 5.74) is 0. The van der Waals surface area contributed by atoms with Gasteiger partial charge in [-0.1, -0.05) is 162 Å². The minimum Gasteiger partial charge on any atom is -0.462 e. The Morgan fingerprint density at radius 3 is 1.13 bits per heavy atom. The van der Waals surface area contributed by atoms with Crippen molar-refractivity contribution in [2.45, 2.75) is 193 Å². The lowest BCUT2D eigenvalue weighted by Gasteiger charge is -2.15. The molecule has 0 amide bonds. The molecule has 0 spiro atoms. The van der Waals surface area contributed by atoms with E-state index in [9.17, 15) is 14.7 Å². The minimum absolute atomic E-state index is 0.0576. The van der Waals surface area contributed by atoms with E-state index in [-0.39, 0.29) is 25.2 Å². The maximum Gasteiger partial charge on any atom is 0.306 e. The molecule has 0 bridgehead atoms. The third-order valence-corrected chi connectivity index (χ3v) is 7.65. The number of aliphatic hydroxyl groups excluding tert-OH is 1. The van der Waals surface area contributed by atoms with Crippen LogP contribution < -0.4 is 0 Å². The molecule has 5 heteroatoms. The number of esters is 2. The molecule has 0 heterocycles. The zero-order valence-electron chi connectivity index (χ0n) is 26.2. The highest BCUT2D eigenvalue weighted by molar-refractivity contribution is 5.70. The SMILES string of the molecule is CCCCCCCCCCCCCCCCC(=O)OC[C@H](CO)OC(=O)CCCCCCCCCCCCC. The second-order valence-electron chi connectivity index (χ2n) is 11.6. The predicted molar refractivity (Wildman–Crippen MR) is 164 cm³/mol. The summed E-state index contributed by atoms with van der Waals surface area (Å²) >= 11 is 0. The third-order valence-electron chi connectivity index (χ3n) is 7.65. The first-order valence-corrected chi connectivity index (χ1v) is 17.1. The number of aliphatic hydroxyl groups is 1. The van der Waals surface area contributed by atoms with E-state index in [2.05, 4.69) is 13.8 Å². The van der Waals surface area contributed by atoms with E-state index < -0.39 is 6.10 Å². The molecule has 0 aromatic heterocycles. The van der Waals surface area contributed by atoms with Crippen LogP contribution >= 0.6 is 0 Å². The Hall–Kier alpha value is -1.10. The Bertz CT molecular complexity index is 522. The molecule has 0 saturated heterocycles. The number of ether oxygens (including phenoxy) is 2. The molecular weight excluding hydrogens is 488 g/mol. The third kappa shape index (κ3) is 29.7. The molecule has 0 aliphatic rings. The van der Waals surface area contributed by atoms with E-state index in [1.165, 1.54) is 128 Å². The first kappa shape index (κ1) is 37.9. The molecule has 0 aliphatic heterocycles. The van der Waals surface area contributed by atoms with Crippen molar-refractivity contribution < 1.29 is 24.2 Å². The van der Waals surface area contributed by atoms with E-state index in [1.54, 1.807) is 0 Å². The molecule has 0 saturated carbocycles. The van der Waals surface area contributed by atoms with Gasteiger partial charge in [-0.15, -0.1) is 0 Å². The lowest BCUT2D eigenvalue weighted by Crippen LogP contribution is -2.28. The van der Waals surface area contributed by atoms with Gasteiger partial charge in [0.25, 0.3) is 0 Å². The van der Waals surface area contributed by atoms with Gasteiger partial charge in [0.15, 0.2) is 6.10 Å². The van der Waals surface area contributed by atoms with Crippen LogP contribution in [0, 0.1) is 0 Å². The van der Waals surface area contributed by atoms with Crippen LogP contribution in [-0.2, 0) is 19.1 Å². The first-order valence-electron chi connectivity index (χ1n) is 17.1. The molecule has 39 heavy (non-hydrogen) atoms. The summed E-state index contributed by atoms with van der Waals surface area (Å²) in [4.78, 5) is 24.1. The van der Waals surface area contributed by atoms with Crippen molar-refractivity contribution >= 4 is 11.9 Å². The van der Waals surface area contributed by atoms with E-state index in [0.717, 1.165) is 32.1 Å². The minimum atomic E-state index is -0.759. The number of unbranched alkanes of at least 4 members (excludes halogenated alkanes) is 23. The Labute approximate surface area is 242 Å². The second-order valence-corrected chi connectivity index (χ2v) is 11.6. The van der Waals surface area contributed by atoms with Gasteiger partial charge in [-0.2, -0.15) is 0 Å². The van der Waals surface area contributed by atoms with Gasteiger partial charge in [-0.05, 0) is 12.8 Å². The van der Waals surface area contributed by atoms with Gasteiger partial charge in [0.1, 0.15) is 6.61 Å². The monoisotopic (exact) mass is 554 g/mol. The number of rotatable bonds is 31. The van der Waals surface area contributed by atoms with Gasteiger partial charge < -0.3 is 14.6 Å². The Morgan fingerprint density at radius 1 is 0.487 bits per heavy atom. The Morgan fingerprint density at radius 2 is 0.795 bits per heavy atom. The van der Waals surface area contributed by atoms with Crippen molar-refractivity contribution in [2.24, 2.45) is 0 Å².